The summed E-state index contributed by atoms with van der Waals surface area (Å²) in [5.74, 6) is -0.367. The molecule has 0 saturated heterocycles. The van der Waals surface area contributed by atoms with Crippen molar-refractivity contribution < 1.29 is 14.0 Å². The number of nitrogens with one attached hydrogen (secondary N) is 1. The highest BCUT2D eigenvalue weighted by Crippen LogP contribution is 2.03. The van der Waals surface area contributed by atoms with Gasteiger partial charge in [-0.05, 0) is 38.0 Å². The second kappa shape index (κ2) is 8.39. The molecule has 0 unspecified atom stereocenters. The van der Waals surface area contributed by atoms with E-state index in [1.165, 1.54) is 19.1 Å². The Morgan fingerprint density at radius 3 is 2.38 bits per heavy atom. The summed E-state index contributed by atoms with van der Waals surface area (Å²) in [6.07, 6.45) is 0.952. The first-order valence-electron chi connectivity index (χ1n) is 7.18. The van der Waals surface area contributed by atoms with E-state index in [2.05, 4.69) is 5.32 Å². The van der Waals surface area contributed by atoms with Crippen molar-refractivity contribution >= 4 is 11.8 Å². The Morgan fingerprint density at radius 1 is 1.24 bits per heavy atom. The Hall–Kier alpha value is -1.91. The molecule has 0 atom stereocenters. The Kier molecular flexibility index (Phi) is 6.85. The number of halogens is 1. The molecule has 1 N–H and O–H groups in total. The number of nitrogens with zero attached hydrogens (tertiary/aromatic N) is 1. The summed E-state index contributed by atoms with van der Waals surface area (Å²) >= 11 is 0. The van der Waals surface area contributed by atoms with Crippen molar-refractivity contribution in [3.63, 3.8) is 0 Å². The lowest BCUT2D eigenvalue weighted by molar-refractivity contribution is -0.131. The van der Waals surface area contributed by atoms with Crippen LogP contribution in [0.15, 0.2) is 24.3 Å². The number of hydrogen-bond donors (Lipinski definition) is 1. The summed E-state index contributed by atoms with van der Waals surface area (Å²) in [4.78, 5) is 24.8. The van der Waals surface area contributed by atoms with E-state index in [0.29, 0.717) is 25.9 Å². The third-order valence-corrected chi connectivity index (χ3v) is 3.26. The monoisotopic (exact) mass is 294 g/mol. The van der Waals surface area contributed by atoms with E-state index in [9.17, 15) is 14.0 Å². The van der Waals surface area contributed by atoms with Crippen molar-refractivity contribution in [2.24, 2.45) is 0 Å². The molecule has 116 valence electrons. The fourth-order valence-electron chi connectivity index (χ4n) is 2.09. The lowest BCUT2D eigenvalue weighted by Crippen LogP contribution is -2.38. The second-order valence-electron chi connectivity index (χ2n) is 5.28. The van der Waals surface area contributed by atoms with Gasteiger partial charge in [0.15, 0.2) is 0 Å². The van der Waals surface area contributed by atoms with Gasteiger partial charge in [-0.2, -0.15) is 0 Å². The van der Waals surface area contributed by atoms with E-state index in [4.69, 9.17) is 0 Å². The van der Waals surface area contributed by atoms with Gasteiger partial charge in [0.05, 0.1) is 0 Å². The SMILES string of the molecule is CC(=O)N(CCC(=O)NCCc1ccc(F)cc1)C(C)C. The highest BCUT2D eigenvalue weighted by molar-refractivity contribution is 5.78. The molecule has 2 amide bonds. The molecular weight excluding hydrogens is 271 g/mol. The van der Waals surface area contributed by atoms with Gasteiger partial charge < -0.3 is 10.2 Å². The molecule has 0 aliphatic rings. The van der Waals surface area contributed by atoms with E-state index in [1.807, 2.05) is 13.8 Å². The molecule has 0 heterocycles. The van der Waals surface area contributed by atoms with Crippen LogP contribution in [0.3, 0.4) is 0 Å². The predicted molar refractivity (Wildman–Crippen MR) is 80.3 cm³/mol. The van der Waals surface area contributed by atoms with Gasteiger partial charge in [0.2, 0.25) is 11.8 Å². The van der Waals surface area contributed by atoms with Crippen molar-refractivity contribution in [1.29, 1.82) is 0 Å². The van der Waals surface area contributed by atoms with Gasteiger partial charge in [0.1, 0.15) is 5.82 Å². The van der Waals surface area contributed by atoms with E-state index >= 15 is 0 Å². The molecule has 0 aliphatic carbocycles. The van der Waals surface area contributed by atoms with Gasteiger partial charge in [0, 0.05) is 32.5 Å². The van der Waals surface area contributed by atoms with Crippen LogP contribution in [-0.2, 0) is 16.0 Å². The molecule has 1 aromatic carbocycles. The maximum Gasteiger partial charge on any atom is 0.221 e. The standard InChI is InChI=1S/C16H23FN2O2/c1-12(2)19(13(3)20)11-9-16(21)18-10-8-14-4-6-15(17)7-5-14/h4-7,12H,8-11H2,1-3H3,(H,18,21). The van der Waals surface area contributed by atoms with Gasteiger partial charge in [-0.15, -0.1) is 0 Å². The van der Waals surface area contributed by atoms with Crippen LogP contribution in [0.2, 0.25) is 0 Å². The highest BCUT2D eigenvalue weighted by atomic mass is 19.1. The molecule has 0 radical (unpaired) electrons. The fourth-order valence-corrected chi connectivity index (χ4v) is 2.09. The average molecular weight is 294 g/mol. The number of benzene rings is 1. The van der Waals surface area contributed by atoms with Crippen molar-refractivity contribution in [3.05, 3.63) is 35.6 Å². The summed E-state index contributed by atoms with van der Waals surface area (Å²) in [7, 11) is 0. The van der Waals surface area contributed by atoms with E-state index < -0.39 is 0 Å². The average Bonchev–Trinajstić information content (AvgIpc) is 2.40. The maximum absolute atomic E-state index is 12.7. The van der Waals surface area contributed by atoms with Gasteiger partial charge in [-0.1, -0.05) is 12.1 Å². The van der Waals surface area contributed by atoms with Crippen LogP contribution in [0, 0.1) is 5.82 Å². The summed E-state index contributed by atoms with van der Waals surface area (Å²) in [6, 6.07) is 6.32. The van der Waals surface area contributed by atoms with Crippen molar-refractivity contribution in [1.82, 2.24) is 10.2 Å². The Balaban J connectivity index is 2.28. The van der Waals surface area contributed by atoms with Crippen molar-refractivity contribution in [2.75, 3.05) is 13.1 Å². The quantitative estimate of drug-likeness (QED) is 0.837. The molecule has 0 fully saturated rings. The largest absolute Gasteiger partial charge is 0.356 e. The minimum absolute atomic E-state index is 0.0240. The first-order valence-corrected chi connectivity index (χ1v) is 7.18. The van der Waals surface area contributed by atoms with Gasteiger partial charge in [-0.25, -0.2) is 4.39 Å². The van der Waals surface area contributed by atoms with E-state index in [-0.39, 0.29) is 23.7 Å². The topological polar surface area (TPSA) is 49.4 Å². The predicted octanol–water partition coefficient (Wildman–Crippen LogP) is 2.13. The molecule has 21 heavy (non-hydrogen) atoms. The van der Waals surface area contributed by atoms with Crippen LogP contribution >= 0.6 is 0 Å². The highest BCUT2D eigenvalue weighted by Gasteiger charge is 2.13. The number of rotatable bonds is 7. The molecular formula is C16H23FN2O2. The second-order valence-corrected chi connectivity index (χ2v) is 5.28. The summed E-state index contributed by atoms with van der Waals surface area (Å²) in [6.45, 7) is 6.29. The molecule has 0 spiro atoms. The van der Waals surface area contributed by atoms with E-state index in [0.717, 1.165) is 5.56 Å². The van der Waals surface area contributed by atoms with Gasteiger partial charge >= 0.3 is 0 Å². The first-order chi connectivity index (χ1) is 9.90. The molecule has 0 bridgehead atoms. The Bertz CT molecular complexity index is 472. The Labute approximate surface area is 125 Å². The van der Waals surface area contributed by atoms with E-state index in [1.54, 1.807) is 17.0 Å². The van der Waals surface area contributed by atoms with Crippen LogP contribution in [0.4, 0.5) is 4.39 Å². The van der Waals surface area contributed by atoms with Gasteiger partial charge in [-0.3, -0.25) is 9.59 Å². The van der Waals surface area contributed by atoms with Crippen LogP contribution in [0.25, 0.3) is 0 Å². The molecule has 5 heteroatoms. The fraction of sp³-hybridized carbons (Fsp3) is 0.500. The zero-order valence-corrected chi connectivity index (χ0v) is 12.9. The summed E-state index contributed by atoms with van der Waals surface area (Å²) in [5, 5.41) is 2.81. The summed E-state index contributed by atoms with van der Waals surface area (Å²) in [5.41, 5.74) is 0.976. The third kappa shape index (κ3) is 6.38. The molecule has 1 aromatic rings. The molecule has 0 aliphatic heterocycles. The van der Waals surface area contributed by atoms with Crippen LogP contribution < -0.4 is 5.32 Å². The third-order valence-electron chi connectivity index (χ3n) is 3.26. The lowest BCUT2D eigenvalue weighted by Gasteiger charge is -2.24. The minimum atomic E-state index is -0.263. The Morgan fingerprint density at radius 2 is 1.86 bits per heavy atom. The van der Waals surface area contributed by atoms with Crippen LogP contribution in [0.1, 0.15) is 32.8 Å². The number of hydrogen-bond acceptors (Lipinski definition) is 2. The lowest BCUT2D eigenvalue weighted by atomic mass is 10.1. The van der Waals surface area contributed by atoms with Crippen molar-refractivity contribution in [2.45, 2.75) is 39.7 Å². The molecule has 0 aromatic heterocycles. The molecule has 4 nitrogen and oxygen atoms in total. The first kappa shape index (κ1) is 17.1. The van der Waals surface area contributed by atoms with Crippen LogP contribution in [-0.4, -0.2) is 35.8 Å². The normalized spacial score (nSPS) is 10.5. The molecule has 0 saturated carbocycles. The van der Waals surface area contributed by atoms with Gasteiger partial charge in [0.25, 0.3) is 0 Å². The molecule has 1 rings (SSSR count). The zero-order chi connectivity index (χ0) is 15.8. The maximum atomic E-state index is 12.7. The number of amides is 2. The number of carbonyl (C=O) groups is 2. The van der Waals surface area contributed by atoms with Crippen molar-refractivity contribution in [3.8, 4) is 0 Å². The summed E-state index contributed by atoms with van der Waals surface area (Å²) < 4.78 is 12.7. The number of carbonyl (C=O) groups excluding carboxylic acids is 2. The zero-order valence-electron chi connectivity index (χ0n) is 12.9. The smallest absolute Gasteiger partial charge is 0.221 e. The van der Waals surface area contributed by atoms with Crippen LogP contribution in [0.5, 0.6) is 0 Å². The minimum Gasteiger partial charge on any atom is -0.356 e.